The highest BCUT2D eigenvalue weighted by Gasteiger charge is 1.92. The number of unbranched alkanes of at least 4 members (excludes halogenated alkanes) is 10. The predicted molar refractivity (Wildman–Crippen MR) is 71.7 cm³/mol. The first-order valence-corrected chi connectivity index (χ1v) is 6.63. The van der Waals surface area contributed by atoms with Crippen LogP contribution in [0.2, 0.25) is 0 Å². The molecule has 16 heavy (non-hydrogen) atoms. The van der Waals surface area contributed by atoms with Crippen molar-refractivity contribution in [2.24, 2.45) is 0 Å². The lowest BCUT2D eigenvalue weighted by Gasteiger charge is -2.01. The fourth-order valence-electron chi connectivity index (χ4n) is 1.81. The Morgan fingerprint density at radius 2 is 0.562 bits per heavy atom. The molecule has 0 spiro atoms. The Labute approximate surface area is 102 Å². The standard InChI is InChI=1S/C13H28O2.CH4/c14-12-10-8-6-4-2-1-3-5-7-9-11-13-15;/h14-15H,1-13H2;1H4. The normalized spacial score (nSPS) is 10.1. The fourth-order valence-corrected chi connectivity index (χ4v) is 1.81. The topological polar surface area (TPSA) is 40.5 Å². The van der Waals surface area contributed by atoms with Gasteiger partial charge in [0.1, 0.15) is 0 Å². The van der Waals surface area contributed by atoms with E-state index in [0.717, 1.165) is 12.8 Å². The molecule has 0 radical (unpaired) electrons. The molecule has 0 saturated heterocycles. The van der Waals surface area contributed by atoms with Crippen LogP contribution in [0.3, 0.4) is 0 Å². The van der Waals surface area contributed by atoms with Gasteiger partial charge < -0.3 is 10.2 Å². The van der Waals surface area contributed by atoms with Crippen LogP contribution in [0.1, 0.15) is 78.1 Å². The third kappa shape index (κ3) is 16.4. The van der Waals surface area contributed by atoms with Gasteiger partial charge in [-0.2, -0.15) is 0 Å². The molecule has 0 aromatic heterocycles. The summed E-state index contributed by atoms with van der Waals surface area (Å²) in [6.45, 7) is 0.704. The minimum atomic E-state index is 0. The van der Waals surface area contributed by atoms with E-state index >= 15 is 0 Å². The van der Waals surface area contributed by atoms with Gasteiger partial charge >= 0.3 is 0 Å². The number of rotatable bonds is 12. The maximum absolute atomic E-state index is 8.59. The van der Waals surface area contributed by atoms with Crippen molar-refractivity contribution in [3.05, 3.63) is 0 Å². The molecule has 100 valence electrons. The van der Waals surface area contributed by atoms with E-state index in [2.05, 4.69) is 0 Å². The molecule has 0 rings (SSSR count). The molecule has 0 aliphatic rings. The van der Waals surface area contributed by atoms with Gasteiger partial charge in [0, 0.05) is 13.2 Å². The molecule has 0 heterocycles. The highest BCUT2D eigenvalue weighted by Crippen LogP contribution is 2.10. The van der Waals surface area contributed by atoms with Gasteiger partial charge in [-0.05, 0) is 12.8 Å². The average molecular weight is 232 g/mol. The van der Waals surface area contributed by atoms with E-state index in [1.807, 2.05) is 0 Å². The quantitative estimate of drug-likeness (QED) is 0.501. The molecule has 0 bridgehead atoms. The van der Waals surface area contributed by atoms with Crippen molar-refractivity contribution in [3.8, 4) is 0 Å². The van der Waals surface area contributed by atoms with Crippen molar-refractivity contribution in [2.45, 2.75) is 78.1 Å². The summed E-state index contributed by atoms with van der Waals surface area (Å²) in [5, 5.41) is 17.2. The van der Waals surface area contributed by atoms with Gasteiger partial charge in [-0.1, -0.05) is 65.2 Å². The molecule has 0 aromatic carbocycles. The van der Waals surface area contributed by atoms with Gasteiger partial charge in [0.05, 0.1) is 0 Å². The van der Waals surface area contributed by atoms with Crippen molar-refractivity contribution >= 4 is 0 Å². The number of hydrogen-bond donors (Lipinski definition) is 2. The number of hydrogen-bond acceptors (Lipinski definition) is 2. The summed E-state index contributed by atoms with van der Waals surface area (Å²) >= 11 is 0. The van der Waals surface area contributed by atoms with Crippen LogP contribution in [-0.2, 0) is 0 Å². The van der Waals surface area contributed by atoms with Crippen LogP contribution in [0.15, 0.2) is 0 Å². The summed E-state index contributed by atoms with van der Waals surface area (Å²) in [7, 11) is 0. The molecule has 0 aliphatic heterocycles. The third-order valence-corrected chi connectivity index (χ3v) is 2.82. The number of aliphatic hydroxyl groups excluding tert-OH is 2. The zero-order chi connectivity index (χ0) is 11.2. The molecule has 0 saturated carbocycles. The molecule has 0 unspecified atom stereocenters. The van der Waals surface area contributed by atoms with Gasteiger partial charge in [0.15, 0.2) is 0 Å². The van der Waals surface area contributed by atoms with Crippen LogP contribution in [0.4, 0.5) is 0 Å². The van der Waals surface area contributed by atoms with Crippen LogP contribution < -0.4 is 0 Å². The Morgan fingerprint density at radius 3 is 0.750 bits per heavy atom. The summed E-state index contributed by atoms with van der Waals surface area (Å²) in [6, 6.07) is 0. The molecule has 0 aromatic rings. The fraction of sp³-hybridized carbons (Fsp3) is 1.00. The highest BCUT2D eigenvalue weighted by atomic mass is 16.3. The van der Waals surface area contributed by atoms with Crippen molar-refractivity contribution < 1.29 is 10.2 Å². The van der Waals surface area contributed by atoms with Crippen molar-refractivity contribution in [1.29, 1.82) is 0 Å². The van der Waals surface area contributed by atoms with Crippen molar-refractivity contribution in [3.63, 3.8) is 0 Å². The van der Waals surface area contributed by atoms with Crippen LogP contribution in [0, 0.1) is 0 Å². The second-order valence-corrected chi connectivity index (χ2v) is 4.34. The first kappa shape index (κ1) is 18.3. The lowest BCUT2D eigenvalue weighted by atomic mass is 10.1. The van der Waals surface area contributed by atoms with Gasteiger partial charge in [0.25, 0.3) is 0 Å². The van der Waals surface area contributed by atoms with Crippen LogP contribution in [0.5, 0.6) is 0 Å². The summed E-state index contributed by atoms with van der Waals surface area (Å²) in [5.41, 5.74) is 0. The summed E-state index contributed by atoms with van der Waals surface area (Å²) in [5.74, 6) is 0. The zero-order valence-corrected chi connectivity index (χ0v) is 10.1. The van der Waals surface area contributed by atoms with E-state index in [4.69, 9.17) is 10.2 Å². The molecular weight excluding hydrogens is 200 g/mol. The molecule has 0 amide bonds. The van der Waals surface area contributed by atoms with Crippen LogP contribution in [-0.4, -0.2) is 23.4 Å². The minimum absolute atomic E-state index is 0. The summed E-state index contributed by atoms with van der Waals surface area (Å²) in [6.07, 6.45) is 13.6. The molecular formula is C14H32O2. The molecule has 2 heteroatoms. The lowest BCUT2D eigenvalue weighted by Crippen LogP contribution is -1.85. The van der Waals surface area contributed by atoms with E-state index in [1.165, 1.54) is 57.8 Å². The highest BCUT2D eigenvalue weighted by molar-refractivity contribution is 4.47. The largest absolute Gasteiger partial charge is 0.396 e. The molecule has 0 atom stereocenters. The van der Waals surface area contributed by atoms with Gasteiger partial charge in [-0.3, -0.25) is 0 Å². The summed E-state index contributed by atoms with van der Waals surface area (Å²) < 4.78 is 0. The Hall–Kier alpha value is -0.0800. The Balaban J connectivity index is 0. The monoisotopic (exact) mass is 232 g/mol. The van der Waals surface area contributed by atoms with Crippen LogP contribution in [0.25, 0.3) is 0 Å². The second-order valence-electron chi connectivity index (χ2n) is 4.34. The number of aliphatic hydroxyl groups is 2. The molecule has 0 fully saturated rings. The zero-order valence-electron chi connectivity index (χ0n) is 10.1. The van der Waals surface area contributed by atoms with Crippen molar-refractivity contribution in [2.75, 3.05) is 13.2 Å². The van der Waals surface area contributed by atoms with E-state index in [-0.39, 0.29) is 7.43 Å². The SMILES string of the molecule is C.OCCCCCCCCCCCCCO. The van der Waals surface area contributed by atoms with Gasteiger partial charge in [-0.15, -0.1) is 0 Å². The molecule has 0 aliphatic carbocycles. The van der Waals surface area contributed by atoms with Gasteiger partial charge in [0.2, 0.25) is 0 Å². The first-order chi connectivity index (χ1) is 7.41. The predicted octanol–water partition coefficient (Wildman–Crippen LogP) is 3.90. The third-order valence-electron chi connectivity index (χ3n) is 2.82. The van der Waals surface area contributed by atoms with Gasteiger partial charge in [-0.25, -0.2) is 0 Å². The lowest BCUT2D eigenvalue weighted by molar-refractivity contribution is 0.282. The molecule has 2 N–H and O–H groups in total. The maximum atomic E-state index is 8.59. The van der Waals surface area contributed by atoms with E-state index in [9.17, 15) is 0 Å². The summed E-state index contributed by atoms with van der Waals surface area (Å²) in [4.78, 5) is 0. The maximum Gasteiger partial charge on any atom is 0.0431 e. The van der Waals surface area contributed by atoms with E-state index in [0.29, 0.717) is 13.2 Å². The Bertz CT molecular complexity index is 92.9. The smallest absolute Gasteiger partial charge is 0.0431 e. The molecule has 2 nitrogen and oxygen atoms in total. The van der Waals surface area contributed by atoms with E-state index < -0.39 is 0 Å². The van der Waals surface area contributed by atoms with Crippen molar-refractivity contribution in [1.82, 2.24) is 0 Å². The minimum Gasteiger partial charge on any atom is -0.396 e. The second kappa shape index (κ2) is 17.3. The Kier molecular flexibility index (Phi) is 19.8. The van der Waals surface area contributed by atoms with E-state index in [1.54, 1.807) is 0 Å². The van der Waals surface area contributed by atoms with Crippen LogP contribution >= 0.6 is 0 Å². The first-order valence-electron chi connectivity index (χ1n) is 6.63. The average Bonchev–Trinajstić information content (AvgIpc) is 2.26. The Morgan fingerprint density at radius 1 is 0.375 bits per heavy atom.